The molecule has 2 aliphatic heterocycles. The van der Waals surface area contributed by atoms with Crippen LogP contribution in [-0.2, 0) is 16.1 Å². The normalized spacial score (nSPS) is 20.4. The number of carbonyl (C=O) groups is 2. The van der Waals surface area contributed by atoms with Gasteiger partial charge in [-0.25, -0.2) is 4.98 Å². The Kier molecular flexibility index (Phi) is 4.19. The van der Waals surface area contributed by atoms with Crippen LogP contribution in [-0.4, -0.2) is 57.2 Å². The number of amides is 2. The summed E-state index contributed by atoms with van der Waals surface area (Å²) in [4.78, 5) is 32.5. The summed E-state index contributed by atoms with van der Waals surface area (Å²) >= 11 is 0. The molecule has 0 unspecified atom stereocenters. The Balaban J connectivity index is 1.47. The third kappa shape index (κ3) is 3.25. The van der Waals surface area contributed by atoms with Gasteiger partial charge in [-0.15, -0.1) is 0 Å². The summed E-state index contributed by atoms with van der Waals surface area (Å²) in [6.45, 7) is 1.98. The molecule has 2 aromatic rings. The highest BCUT2D eigenvalue weighted by molar-refractivity contribution is 6.10. The van der Waals surface area contributed by atoms with Crippen molar-refractivity contribution in [3.63, 3.8) is 0 Å². The third-order valence-electron chi connectivity index (χ3n) is 4.77. The van der Waals surface area contributed by atoms with Crippen LogP contribution in [0.4, 0.5) is 11.4 Å². The van der Waals surface area contributed by atoms with Crippen LogP contribution in [0.25, 0.3) is 0 Å². The summed E-state index contributed by atoms with van der Waals surface area (Å²) in [5, 5.41) is 6.97. The van der Waals surface area contributed by atoms with Gasteiger partial charge in [-0.3, -0.25) is 24.1 Å². The molecular weight excluding hydrogens is 320 g/mol. The monoisotopic (exact) mass is 340 g/mol. The van der Waals surface area contributed by atoms with Gasteiger partial charge < -0.3 is 5.32 Å². The van der Waals surface area contributed by atoms with Gasteiger partial charge >= 0.3 is 0 Å². The number of anilines is 2. The minimum absolute atomic E-state index is 0.0483. The van der Waals surface area contributed by atoms with E-state index in [1.807, 2.05) is 24.3 Å². The molecule has 3 heterocycles. The highest BCUT2D eigenvalue weighted by Crippen LogP contribution is 2.29. The maximum Gasteiger partial charge on any atom is 0.244 e. The Morgan fingerprint density at radius 1 is 1.32 bits per heavy atom. The second kappa shape index (κ2) is 6.64. The fourth-order valence-electron chi connectivity index (χ4n) is 3.57. The molecule has 1 aromatic carbocycles. The zero-order valence-electron chi connectivity index (χ0n) is 13.8. The molecule has 1 N–H and O–H groups in total. The van der Waals surface area contributed by atoms with Crippen molar-refractivity contribution < 1.29 is 9.59 Å². The minimum Gasteiger partial charge on any atom is -0.323 e. The van der Waals surface area contributed by atoms with E-state index >= 15 is 0 Å². The lowest BCUT2D eigenvalue weighted by Gasteiger charge is -2.31. The smallest absolute Gasteiger partial charge is 0.244 e. The third-order valence-corrected chi connectivity index (χ3v) is 4.77. The lowest BCUT2D eigenvalue weighted by Crippen LogP contribution is -2.48. The van der Waals surface area contributed by atoms with Crippen LogP contribution in [0.2, 0.25) is 0 Å². The van der Waals surface area contributed by atoms with Gasteiger partial charge in [0.2, 0.25) is 11.8 Å². The summed E-state index contributed by atoms with van der Waals surface area (Å²) in [6, 6.07) is 7.67. The average molecular weight is 340 g/mol. The van der Waals surface area contributed by atoms with Gasteiger partial charge in [-0.05, 0) is 31.5 Å². The van der Waals surface area contributed by atoms with Gasteiger partial charge in [0.15, 0.2) is 0 Å². The number of rotatable bonds is 4. The summed E-state index contributed by atoms with van der Waals surface area (Å²) in [5.74, 6) is -0.208. The number of para-hydroxylation sites is 2. The summed E-state index contributed by atoms with van der Waals surface area (Å²) in [6.07, 6.45) is 5.31. The van der Waals surface area contributed by atoms with Gasteiger partial charge in [0.25, 0.3) is 0 Å². The number of aromatic nitrogens is 3. The van der Waals surface area contributed by atoms with Crippen molar-refractivity contribution >= 4 is 23.2 Å². The van der Waals surface area contributed by atoms with Gasteiger partial charge in [0.1, 0.15) is 19.2 Å². The molecule has 1 aromatic heterocycles. The molecule has 0 bridgehead atoms. The van der Waals surface area contributed by atoms with Crippen molar-refractivity contribution in [2.45, 2.75) is 25.4 Å². The van der Waals surface area contributed by atoms with E-state index in [9.17, 15) is 9.59 Å². The molecule has 1 saturated heterocycles. The number of benzene rings is 1. The molecular formula is C17H20N6O2. The van der Waals surface area contributed by atoms with Crippen molar-refractivity contribution in [3.05, 3.63) is 36.9 Å². The Labute approximate surface area is 145 Å². The molecule has 0 spiro atoms. The molecule has 1 atom stereocenters. The van der Waals surface area contributed by atoms with Crippen molar-refractivity contribution in [1.82, 2.24) is 19.7 Å². The Hall–Kier alpha value is -2.74. The second-order valence-corrected chi connectivity index (χ2v) is 6.43. The first-order valence-electron chi connectivity index (χ1n) is 8.46. The molecule has 25 heavy (non-hydrogen) atoms. The lowest BCUT2D eigenvalue weighted by molar-refractivity contribution is -0.122. The van der Waals surface area contributed by atoms with Crippen LogP contribution < -0.4 is 10.2 Å². The van der Waals surface area contributed by atoms with E-state index in [1.165, 1.54) is 6.33 Å². The zero-order valence-corrected chi connectivity index (χ0v) is 13.8. The largest absolute Gasteiger partial charge is 0.323 e. The molecule has 8 nitrogen and oxygen atoms in total. The standard InChI is InChI=1S/C17H20N6O2/c24-16-9-23(15-6-2-1-5-14(15)20-16)17(25)10-21-7-3-4-13(21)8-22-12-18-11-19-22/h1-2,5-6,11-13H,3-4,7-10H2,(H,20,24)/t13-/m0/s1. The molecule has 0 radical (unpaired) electrons. The molecule has 130 valence electrons. The number of likely N-dealkylation sites (tertiary alicyclic amines) is 1. The van der Waals surface area contributed by atoms with Crippen LogP contribution >= 0.6 is 0 Å². The fraction of sp³-hybridized carbons (Fsp3) is 0.412. The van der Waals surface area contributed by atoms with E-state index in [1.54, 1.807) is 15.9 Å². The molecule has 2 amide bonds. The predicted octanol–water partition coefficient (Wildman–Crippen LogP) is 0.728. The first-order valence-corrected chi connectivity index (χ1v) is 8.46. The Morgan fingerprint density at radius 2 is 2.20 bits per heavy atom. The summed E-state index contributed by atoms with van der Waals surface area (Å²) in [5.41, 5.74) is 1.45. The van der Waals surface area contributed by atoms with Gasteiger partial charge in [-0.1, -0.05) is 12.1 Å². The molecule has 0 saturated carbocycles. The van der Waals surface area contributed by atoms with Crippen LogP contribution in [0.1, 0.15) is 12.8 Å². The maximum absolute atomic E-state index is 12.9. The number of nitrogens with zero attached hydrogens (tertiary/aromatic N) is 5. The first kappa shape index (κ1) is 15.8. The molecule has 8 heteroatoms. The van der Waals surface area contributed by atoms with Crippen LogP contribution in [0.15, 0.2) is 36.9 Å². The zero-order chi connectivity index (χ0) is 17.2. The van der Waals surface area contributed by atoms with E-state index in [-0.39, 0.29) is 24.4 Å². The number of hydrogen-bond donors (Lipinski definition) is 1. The highest BCUT2D eigenvalue weighted by Gasteiger charge is 2.31. The quantitative estimate of drug-likeness (QED) is 0.887. The summed E-state index contributed by atoms with van der Waals surface area (Å²) < 4.78 is 1.80. The number of fused-ring (bicyclic) bond motifs is 1. The van der Waals surface area contributed by atoms with Crippen LogP contribution in [0.5, 0.6) is 0 Å². The van der Waals surface area contributed by atoms with Gasteiger partial charge in [-0.2, -0.15) is 5.10 Å². The topological polar surface area (TPSA) is 83.4 Å². The maximum atomic E-state index is 12.9. The molecule has 1 fully saturated rings. The SMILES string of the molecule is O=C1CN(C(=O)CN2CCC[C@H]2Cn2cncn2)c2ccccc2N1. The van der Waals surface area contributed by atoms with Crippen LogP contribution in [0.3, 0.4) is 0 Å². The first-order chi connectivity index (χ1) is 12.2. The fourth-order valence-corrected chi connectivity index (χ4v) is 3.57. The van der Waals surface area contributed by atoms with E-state index in [4.69, 9.17) is 0 Å². The molecule has 4 rings (SSSR count). The number of carbonyl (C=O) groups excluding carboxylic acids is 2. The summed E-state index contributed by atoms with van der Waals surface area (Å²) in [7, 11) is 0. The molecule has 0 aliphatic carbocycles. The van der Waals surface area contributed by atoms with E-state index < -0.39 is 0 Å². The predicted molar refractivity (Wildman–Crippen MR) is 92.0 cm³/mol. The Morgan fingerprint density at radius 3 is 3.04 bits per heavy atom. The molecule has 2 aliphatic rings. The van der Waals surface area contributed by atoms with Gasteiger partial charge in [0, 0.05) is 6.04 Å². The number of hydrogen-bond acceptors (Lipinski definition) is 5. The average Bonchev–Trinajstić information content (AvgIpc) is 3.27. The van der Waals surface area contributed by atoms with Crippen molar-refractivity contribution in [2.75, 3.05) is 29.9 Å². The number of nitrogens with one attached hydrogen (secondary N) is 1. The minimum atomic E-state index is -0.160. The van der Waals surface area contributed by atoms with Crippen molar-refractivity contribution in [2.24, 2.45) is 0 Å². The van der Waals surface area contributed by atoms with E-state index in [0.29, 0.717) is 12.2 Å². The van der Waals surface area contributed by atoms with E-state index in [2.05, 4.69) is 20.3 Å². The van der Waals surface area contributed by atoms with Crippen LogP contribution in [0, 0.1) is 0 Å². The van der Waals surface area contributed by atoms with Crippen molar-refractivity contribution in [3.8, 4) is 0 Å². The lowest BCUT2D eigenvalue weighted by atomic mass is 10.2. The highest BCUT2D eigenvalue weighted by atomic mass is 16.2. The Bertz CT molecular complexity index is 775. The van der Waals surface area contributed by atoms with E-state index in [0.717, 1.165) is 31.6 Å². The van der Waals surface area contributed by atoms with Crippen molar-refractivity contribution in [1.29, 1.82) is 0 Å². The van der Waals surface area contributed by atoms with Gasteiger partial charge in [0.05, 0.1) is 24.5 Å². The second-order valence-electron chi connectivity index (χ2n) is 6.43.